The molecule has 0 bridgehead atoms. The summed E-state index contributed by atoms with van der Waals surface area (Å²) >= 11 is 5.82. The van der Waals surface area contributed by atoms with Gasteiger partial charge in [0.2, 0.25) is 0 Å². The third kappa shape index (κ3) is 8.04. The molecule has 0 atom stereocenters. The number of carbonyl (C=O) groups is 1. The Morgan fingerprint density at radius 1 is 1.07 bits per heavy atom. The molecular formula is C19H24ClIN4O2. The highest BCUT2D eigenvalue weighted by atomic mass is 127. The average Bonchev–Trinajstić information content (AvgIpc) is 2.68. The number of hydrogen-bond donors (Lipinski definition) is 3. The second kappa shape index (κ2) is 12.4. The van der Waals surface area contributed by atoms with Crippen molar-refractivity contribution >= 4 is 47.4 Å². The summed E-state index contributed by atoms with van der Waals surface area (Å²) in [6, 6.07) is 14.6. The fourth-order valence-electron chi connectivity index (χ4n) is 2.25. The average molecular weight is 503 g/mol. The molecule has 0 heterocycles. The number of aliphatic imine (C=N–C) groups is 1. The van der Waals surface area contributed by atoms with Crippen LogP contribution in [-0.2, 0) is 6.54 Å². The van der Waals surface area contributed by atoms with E-state index in [0.717, 1.165) is 11.3 Å². The summed E-state index contributed by atoms with van der Waals surface area (Å²) < 4.78 is 5.21. The van der Waals surface area contributed by atoms with Crippen LogP contribution in [0.5, 0.6) is 5.75 Å². The number of guanidine groups is 1. The molecule has 1 amide bonds. The third-order valence-corrected chi connectivity index (χ3v) is 3.88. The fraction of sp³-hybridized carbons (Fsp3) is 0.263. The molecule has 0 spiro atoms. The first-order valence-electron chi connectivity index (χ1n) is 8.23. The highest BCUT2D eigenvalue weighted by Crippen LogP contribution is 2.12. The molecule has 2 aromatic carbocycles. The van der Waals surface area contributed by atoms with Crippen LogP contribution < -0.4 is 20.7 Å². The highest BCUT2D eigenvalue weighted by molar-refractivity contribution is 14.0. The van der Waals surface area contributed by atoms with Gasteiger partial charge in [0, 0.05) is 37.3 Å². The van der Waals surface area contributed by atoms with Crippen LogP contribution in [-0.4, -0.2) is 39.1 Å². The van der Waals surface area contributed by atoms with Crippen LogP contribution in [0.25, 0.3) is 0 Å². The minimum atomic E-state index is -0.136. The molecule has 0 radical (unpaired) electrons. The van der Waals surface area contributed by atoms with Crippen molar-refractivity contribution < 1.29 is 9.53 Å². The number of rotatable bonds is 7. The molecule has 0 aliphatic heterocycles. The van der Waals surface area contributed by atoms with E-state index >= 15 is 0 Å². The Hall–Kier alpha value is -2.00. The van der Waals surface area contributed by atoms with E-state index in [1.54, 1.807) is 38.4 Å². The van der Waals surface area contributed by atoms with Crippen LogP contribution in [0.2, 0.25) is 5.02 Å². The molecule has 0 aliphatic rings. The number of hydrogen-bond acceptors (Lipinski definition) is 3. The van der Waals surface area contributed by atoms with Gasteiger partial charge >= 0.3 is 0 Å². The van der Waals surface area contributed by atoms with Gasteiger partial charge in [0.25, 0.3) is 5.91 Å². The van der Waals surface area contributed by atoms with E-state index in [1.807, 2.05) is 24.3 Å². The minimum Gasteiger partial charge on any atom is -0.497 e. The lowest BCUT2D eigenvalue weighted by molar-refractivity contribution is 0.0954. The first-order chi connectivity index (χ1) is 12.6. The molecule has 0 fully saturated rings. The summed E-state index contributed by atoms with van der Waals surface area (Å²) in [7, 11) is 3.35. The van der Waals surface area contributed by atoms with Crippen molar-refractivity contribution in [2.45, 2.75) is 6.54 Å². The molecule has 2 aromatic rings. The second-order valence-corrected chi connectivity index (χ2v) is 5.90. The number of nitrogens with zero attached hydrogens (tertiary/aromatic N) is 1. The fourth-order valence-corrected chi connectivity index (χ4v) is 2.38. The smallest absolute Gasteiger partial charge is 0.251 e. The van der Waals surface area contributed by atoms with Gasteiger partial charge in [-0.2, -0.15) is 0 Å². The number of amides is 1. The lowest BCUT2D eigenvalue weighted by atomic mass is 10.2. The van der Waals surface area contributed by atoms with Crippen LogP contribution >= 0.6 is 35.6 Å². The summed E-state index contributed by atoms with van der Waals surface area (Å²) in [5.74, 6) is 1.34. The van der Waals surface area contributed by atoms with Crippen LogP contribution in [0.1, 0.15) is 15.9 Å². The largest absolute Gasteiger partial charge is 0.497 e. The van der Waals surface area contributed by atoms with Gasteiger partial charge in [0.05, 0.1) is 7.11 Å². The quantitative estimate of drug-likeness (QED) is 0.235. The van der Waals surface area contributed by atoms with Gasteiger partial charge in [-0.15, -0.1) is 24.0 Å². The number of methoxy groups -OCH3 is 1. The maximum Gasteiger partial charge on any atom is 0.251 e. The van der Waals surface area contributed by atoms with E-state index in [-0.39, 0.29) is 29.9 Å². The number of halogens is 2. The molecule has 8 heteroatoms. The van der Waals surface area contributed by atoms with E-state index in [4.69, 9.17) is 16.3 Å². The van der Waals surface area contributed by atoms with Crippen molar-refractivity contribution in [2.75, 3.05) is 27.2 Å². The van der Waals surface area contributed by atoms with Crippen LogP contribution in [0.3, 0.4) is 0 Å². The molecule has 146 valence electrons. The molecule has 0 unspecified atom stereocenters. The van der Waals surface area contributed by atoms with Crippen molar-refractivity contribution in [3.8, 4) is 5.75 Å². The second-order valence-electron chi connectivity index (χ2n) is 5.47. The van der Waals surface area contributed by atoms with Crippen molar-refractivity contribution in [1.29, 1.82) is 0 Å². The van der Waals surface area contributed by atoms with E-state index in [0.29, 0.717) is 36.2 Å². The van der Waals surface area contributed by atoms with Gasteiger partial charge in [0.1, 0.15) is 5.75 Å². The number of ether oxygens (including phenoxy) is 1. The van der Waals surface area contributed by atoms with Gasteiger partial charge in [-0.05, 0) is 42.0 Å². The normalized spacial score (nSPS) is 10.6. The van der Waals surface area contributed by atoms with E-state index in [2.05, 4.69) is 20.9 Å². The monoisotopic (exact) mass is 502 g/mol. The SMILES string of the molecule is CN=C(NCCNC(=O)c1ccc(Cl)cc1)NCc1cccc(OC)c1.I. The van der Waals surface area contributed by atoms with E-state index < -0.39 is 0 Å². The zero-order valence-corrected chi connectivity index (χ0v) is 18.4. The molecule has 0 saturated carbocycles. The molecular weight excluding hydrogens is 479 g/mol. The van der Waals surface area contributed by atoms with Crippen molar-refractivity contribution in [3.63, 3.8) is 0 Å². The van der Waals surface area contributed by atoms with Crippen molar-refractivity contribution in [3.05, 3.63) is 64.7 Å². The Morgan fingerprint density at radius 2 is 1.78 bits per heavy atom. The van der Waals surface area contributed by atoms with Crippen LogP contribution in [0.15, 0.2) is 53.5 Å². The predicted octanol–water partition coefficient (Wildman–Crippen LogP) is 3.06. The van der Waals surface area contributed by atoms with Gasteiger partial charge in [0.15, 0.2) is 5.96 Å². The standard InChI is InChI=1S/C19H23ClN4O2.HI/c1-21-19(24-13-14-4-3-5-17(12-14)26-2)23-11-10-22-18(25)15-6-8-16(20)9-7-15;/h3-9,12H,10-11,13H2,1-2H3,(H,22,25)(H2,21,23,24);1H. The topological polar surface area (TPSA) is 74.8 Å². The summed E-state index contributed by atoms with van der Waals surface area (Å²) in [5.41, 5.74) is 1.67. The Morgan fingerprint density at radius 3 is 2.44 bits per heavy atom. The number of benzene rings is 2. The first-order valence-corrected chi connectivity index (χ1v) is 8.61. The Bertz CT molecular complexity index is 754. The van der Waals surface area contributed by atoms with Crippen molar-refractivity contribution in [1.82, 2.24) is 16.0 Å². The summed E-state index contributed by atoms with van der Waals surface area (Å²) in [4.78, 5) is 16.2. The maximum atomic E-state index is 12.0. The number of nitrogens with one attached hydrogen (secondary N) is 3. The number of carbonyl (C=O) groups excluding carboxylic acids is 1. The zero-order valence-electron chi connectivity index (χ0n) is 15.3. The summed E-state index contributed by atoms with van der Waals surface area (Å²) in [6.45, 7) is 1.65. The molecule has 0 saturated heterocycles. The minimum absolute atomic E-state index is 0. The Labute approximate surface area is 181 Å². The van der Waals surface area contributed by atoms with Crippen LogP contribution in [0, 0.1) is 0 Å². The highest BCUT2D eigenvalue weighted by Gasteiger charge is 2.04. The van der Waals surface area contributed by atoms with E-state index in [1.165, 1.54) is 0 Å². The molecule has 0 aromatic heterocycles. The molecule has 0 aliphatic carbocycles. The molecule has 3 N–H and O–H groups in total. The lowest BCUT2D eigenvalue weighted by Crippen LogP contribution is -2.41. The van der Waals surface area contributed by atoms with Gasteiger partial charge < -0.3 is 20.7 Å². The summed E-state index contributed by atoms with van der Waals surface area (Å²) in [6.07, 6.45) is 0. The molecule has 6 nitrogen and oxygen atoms in total. The lowest BCUT2D eigenvalue weighted by Gasteiger charge is -2.13. The van der Waals surface area contributed by atoms with Crippen LogP contribution in [0.4, 0.5) is 0 Å². The molecule has 27 heavy (non-hydrogen) atoms. The van der Waals surface area contributed by atoms with Gasteiger partial charge in [-0.1, -0.05) is 23.7 Å². The van der Waals surface area contributed by atoms with Gasteiger partial charge in [-0.25, -0.2) is 0 Å². The van der Waals surface area contributed by atoms with Crippen molar-refractivity contribution in [2.24, 2.45) is 4.99 Å². The van der Waals surface area contributed by atoms with Gasteiger partial charge in [-0.3, -0.25) is 9.79 Å². The Balaban J connectivity index is 0.00000364. The Kier molecular flexibility index (Phi) is 10.6. The maximum absolute atomic E-state index is 12.0. The first kappa shape index (κ1) is 23.0. The molecule has 2 rings (SSSR count). The predicted molar refractivity (Wildman–Crippen MR) is 120 cm³/mol. The van der Waals surface area contributed by atoms with E-state index in [9.17, 15) is 4.79 Å². The third-order valence-electron chi connectivity index (χ3n) is 3.63. The summed E-state index contributed by atoms with van der Waals surface area (Å²) in [5, 5.41) is 9.82. The zero-order chi connectivity index (χ0) is 18.8.